The topological polar surface area (TPSA) is 20.2 Å². The Morgan fingerprint density at radius 3 is 2.78 bits per heavy atom. The highest BCUT2D eigenvalue weighted by Gasteiger charge is 2.24. The zero-order chi connectivity index (χ0) is 13.1. The van der Waals surface area contributed by atoms with Gasteiger partial charge in [0.25, 0.3) is 0 Å². The van der Waals surface area contributed by atoms with Gasteiger partial charge in [-0.1, -0.05) is 37.1 Å². The highest BCUT2D eigenvalue weighted by atomic mass is 16.3. The van der Waals surface area contributed by atoms with Crippen LogP contribution in [0.15, 0.2) is 18.2 Å². The summed E-state index contributed by atoms with van der Waals surface area (Å²) in [6, 6.07) is 6.96. The van der Waals surface area contributed by atoms with Gasteiger partial charge in [-0.25, -0.2) is 0 Å². The van der Waals surface area contributed by atoms with Crippen molar-refractivity contribution in [3.8, 4) is 0 Å². The number of hydrogen-bond donors (Lipinski definition) is 1. The average Bonchev–Trinajstić information content (AvgIpc) is 2.31. The molecule has 0 aromatic heterocycles. The van der Waals surface area contributed by atoms with Crippen LogP contribution in [0.1, 0.15) is 74.5 Å². The number of aliphatic hydroxyl groups is 1. The predicted molar refractivity (Wildman–Crippen MR) is 77.1 cm³/mol. The molecule has 3 atom stereocenters. The third kappa shape index (κ3) is 3.14. The van der Waals surface area contributed by atoms with E-state index in [1.165, 1.54) is 24.8 Å². The lowest BCUT2D eigenvalue weighted by Gasteiger charge is -2.30. The maximum atomic E-state index is 9.36. The molecule has 2 rings (SSSR count). The van der Waals surface area contributed by atoms with Crippen molar-refractivity contribution in [2.24, 2.45) is 0 Å². The van der Waals surface area contributed by atoms with Crippen molar-refractivity contribution >= 4 is 0 Å². The zero-order valence-corrected chi connectivity index (χ0v) is 11.9. The van der Waals surface area contributed by atoms with Crippen molar-refractivity contribution in [3.05, 3.63) is 34.9 Å². The van der Waals surface area contributed by atoms with Gasteiger partial charge in [0.1, 0.15) is 0 Å². The van der Waals surface area contributed by atoms with Crippen LogP contribution in [0.3, 0.4) is 0 Å². The second-order valence-corrected chi connectivity index (χ2v) is 6.09. The third-order valence-corrected chi connectivity index (χ3v) is 4.34. The van der Waals surface area contributed by atoms with E-state index in [0.717, 1.165) is 18.8 Å². The molecule has 0 saturated carbocycles. The molecule has 1 aliphatic rings. The van der Waals surface area contributed by atoms with E-state index >= 15 is 0 Å². The first-order valence-electron chi connectivity index (χ1n) is 7.36. The maximum Gasteiger partial charge on any atom is 0.0512 e. The Hall–Kier alpha value is -0.820. The zero-order valence-electron chi connectivity index (χ0n) is 11.9. The molecule has 0 heterocycles. The molecule has 0 spiro atoms. The molecular formula is C17H26O. The molecule has 0 bridgehead atoms. The fourth-order valence-electron chi connectivity index (χ4n) is 3.22. The van der Waals surface area contributed by atoms with Crippen molar-refractivity contribution in [2.75, 3.05) is 0 Å². The molecule has 0 saturated heterocycles. The van der Waals surface area contributed by atoms with Crippen LogP contribution in [-0.4, -0.2) is 11.2 Å². The fourth-order valence-corrected chi connectivity index (χ4v) is 3.22. The summed E-state index contributed by atoms with van der Waals surface area (Å²) in [5, 5.41) is 9.36. The summed E-state index contributed by atoms with van der Waals surface area (Å²) in [6.07, 6.45) is 5.79. The summed E-state index contributed by atoms with van der Waals surface area (Å²) in [6.45, 7) is 6.42. The summed E-state index contributed by atoms with van der Waals surface area (Å²) in [7, 11) is 0. The summed E-state index contributed by atoms with van der Waals surface area (Å²) in [4.78, 5) is 0. The van der Waals surface area contributed by atoms with Crippen LogP contribution in [0.4, 0.5) is 0 Å². The lowest BCUT2D eigenvalue weighted by Crippen LogP contribution is -2.13. The predicted octanol–water partition coefficient (Wildman–Crippen LogP) is 4.53. The molecule has 1 heteroatoms. The number of aryl methyl sites for hydroxylation is 1. The molecule has 1 nitrogen and oxygen atoms in total. The first-order chi connectivity index (χ1) is 8.58. The summed E-state index contributed by atoms with van der Waals surface area (Å²) >= 11 is 0. The average molecular weight is 246 g/mol. The van der Waals surface area contributed by atoms with Gasteiger partial charge in [-0.05, 0) is 62.5 Å². The van der Waals surface area contributed by atoms with Crippen LogP contribution in [0, 0.1) is 6.92 Å². The van der Waals surface area contributed by atoms with Gasteiger partial charge < -0.3 is 5.11 Å². The molecule has 18 heavy (non-hydrogen) atoms. The van der Waals surface area contributed by atoms with Gasteiger partial charge in [-0.15, -0.1) is 0 Å². The largest absolute Gasteiger partial charge is 0.393 e. The van der Waals surface area contributed by atoms with Crippen LogP contribution >= 0.6 is 0 Å². The minimum Gasteiger partial charge on any atom is -0.393 e. The molecular weight excluding hydrogens is 220 g/mol. The molecule has 0 aliphatic heterocycles. The fraction of sp³-hybridized carbons (Fsp3) is 0.647. The minimum absolute atomic E-state index is 0.149. The second kappa shape index (κ2) is 5.88. The van der Waals surface area contributed by atoms with E-state index in [-0.39, 0.29) is 6.10 Å². The van der Waals surface area contributed by atoms with Crippen molar-refractivity contribution in [3.63, 3.8) is 0 Å². The molecule has 0 fully saturated rings. The summed E-state index contributed by atoms with van der Waals surface area (Å²) < 4.78 is 0. The van der Waals surface area contributed by atoms with E-state index in [9.17, 15) is 5.11 Å². The lowest BCUT2D eigenvalue weighted by atomic mass is 9.75. The molecule has 1 aromatic rings. The highest BCUT2D eigenvalue weighted by Crippen LogP contribution is 2.41. The van der Waals surface area contributed by atoms with Crippen LogP contribution in [0.25, 0.3) is 0 Å². The molecule has 0 radical (unpaired) electrons. The van der Waals surface area contributed by atoms with Crippen molar-refractivity contribution in [2.45, 2.75) is 70.8 Å². The van der Waals surface area contributed by atoms with E-state index in [1.807, 2.05) is 6.92 Å². The molecule has 0 amide bonds. The molecule has 0 unspecified atom stereocenters. The van der Waals surface area contributed by atoms with E-state index in [2.05, 4.69) is 32.0 Å². The number of aliphatic hydroxyl groups excluding tert-OH is 1. The first kappa shape index (κ1) is 13.6. The SMILES string of the molecule is Cc1ccc2c(c1)[C@H](CCC[C@H](C)O)CC[C@@H]2C. The number of benzene rings is 1. The number of rotatable bonds is 4. The van der Waals surface area contributed by atoms with Crippen LogP contribution in [0.5, 0.6) is 0 Å². The molecule has 1 N–H and O–H groups in total. The van der Waals surface area contributed by atoms with Crippen LogP contribution < -0.4 is 0 Å². The lowest BCUT2D eigenvalue weighted by molar-refractivity contribution is 0.179. The third-order valence-electron chi connectivity index (χ3n) is 4.34. The first-order valence-corrected chi connectivity index (χ1v) is 7.36. The summed E-state index contributed by atoms with van der Waals surface area (Å²) in [5.41, 5.74) is 4.52. The van der Waals surface area contributed by atoms with Crippen molar-refractivity contribution in [1.29, 1.82) is 0 Å². The van der Waals surface area contributed by atoms with Gasteiger partial charge in [-0.3, -0.25) is 0 Å². The Labute approximate surface area is 111 Å². The smallest absolute Gasteiger partial charge is 0.0512 e. The van der Waals surface area contributed by atoms with Crippen molar-refractivity contribution in [1.82, 2.24) is 0 Å². The number of hydrogen-bond acceptors (Lipinski definition) is 1. The monoisotopic (exact) mass is 246 g/mol. The van der Waals surface area contributed by atoms with Gasteiger partial charge >= 0.3 is 0 Å². The van der Waals surface area contributed by atoms with Gasteiger partial charge in [0, 0.05) is 0 Å². The Kier molecular flexibility index (Phi) is 4.45. The van der Waals surface area contributed by atoms with E-state index in [0.29, 0.717) is 5.92 Å². The second-order valence-electron chi connectivity index (χ2n) is 6.09. The van der Waals surface area contributed by atoms with E-state index < -0.39 is 0 Å². The molecule has 100 valence electrons. The molecule has 1 aromatic carbocycles. The Morgan fingerprint density at radius 1 is 1.28 bits per heavy atom. The van der Waals surface area contributed by atoms with E-state index in [4.69, 9.17) is 0 Å². The van der Waals surface area contributed by atoms with Crippen LogP contribution in [0.2, 0.25) is 0 Å². The van der Waals surface area contributed by atoms with Gasteiger partial charge in [-0.2, -0.15) is 0 Å². The Morgan fingerprint density at radius 2 is 2.06 bits per heavy atom. The van der Waals surface area contributed by atoms with Gasteiger partial charge in [0.15, 0.2) is 0 Å². The highest BCUT2D eigenvalue weighted by molar-refractivity contribution is 5.38. The van der Waals surface area contributed by atoms with Gasteiger partial charge in [0.2, 0.25) is 0 Å². The van der Waals surface area contributed by atoms with E-state index in [1.54, 1.807) is 11.1 Å². The normalized spacial score (nSPS) is 24.7. The van der Waals surface area contributed by atoms with Crippen molar-refractivity contribution < 1.29 is 5.11 Å². The standard InChI is InChI=1S/C17H26O/c1-12-7-10-16-13(2)8-9-15(17(16)11-12)6-4-5-14(3)18/h7,10-11,13-15,18H,4-6,8-9H2,1-3H3/t13-,14-,15+/m0/s1. The Bertz CT molecular complexity index is 395. The number of fused-ring (bicyclic) bond motifs is 1. The quantitative estimate of drug-likeness (QED) is 0.827. The molecule has 1 aliphatic carbocycles. The Balaban J connectivity index is 2.10. The summed E-state index contributed by atoms with van der Waals surface area (Å²) in [5.74, 6) is 1.43. The van der Waals surface area contributed by atoms with Gasteiger partial charge in [0.05, 0.1) is 6.10 Å². The van der Waals surface area contributed by atoms with Crippen LogP contribution in [-0.2, 0) is 0 Å². The maximum absolute atomic E-state index is 9.36. The minimum atomic E-state index is -0.149.